The Balaban J connectivity index is 1.90. The third kappa shape index (κ3) is 2.21. The number of aromatic amines is 1. The first-order chi connectivity index (χ1) is 7.31. The number of aliphatic hydroxyl groups excluding tert-OH is 1. The normalized spacial score (nSPS) is 20.2. The lowest BCUT2D eigenvalue weighted by molar-refractivity contribution is 0.135. The van der Waals surface area contributed by atoms with Crippen LogP contribution in [0.1, 0.15) is 12.8 Å². The molecule has 0 spiro atoms. The number of aliphatic hydroxyl groups is 1. The molecule has 0 bridgehead atoms. The van der Waals surface area contributed by atoms with Gasteiger partial charge in [-0.15, -0.1) is 6.58 Å². The van der Waals surface area contributed by atoms with E-state index in [-0.39, 0.29) is 6.10 Å². The lowest BCUT2D eigenvalue weighted by Crippen LogP contribution is -2.37. The van der Waals surface area contributed by atoms with Crippen LogP contribution >= 0.6 is 0 Å². The Hall–Kier alpha value is -1.29. The van der Waals surface area contributed by atoms with E-state index in [1.807, 2.05) is 6.20 Å². The average Bonchev–Trinajstić information content (AvgIpc) is 2.82. The molecule has 1 aromatic rings. The van der Waals surface area contributed by atoms with Gasteiger partial charge in [0.1, 0.15) is 0 Å². The predicted molar refractivity (Wildman–Crippen MR) is 59.7 cm³/mol. The Labute approximate surface area is 89.6 Å². The molecule has 4 nitrogen and oxygen atoms in total. The van der Waals surface area contributed by atoms with Crippen molar-refractivity contribution in [1.82, 2.24) is 9.97 Å². The Morgan fingerprint density at radius 2 is 2.33 bits per heavy atom. The summed E-state index contributed by atoms with van der Waals surface area (Å²) < 4.78 is 0. The van der Waals surface area contributed by atoms with Crippen LogP contribution in [0.5, 0.6) is 0 Å². The Morgan fingerprint density at radius 1 is 1.60 bits per heavy atom. The van der Waals surface area contributed by atoms with Crippen LogP contribution in [0.25, 0.3) is 0 Å². The van der Waals surface area contributed by atoms with Gasteiger partial charge in [0.05, 0.1) is 6.10 Å². The van der Waals surface area contributed by atoms with Crippen LogP contribution in [0.4, 0.5) is 5.95 Å². The molecule has 0 amide bonds. The number of imidazole rings is 1. The molecule has 1 fully saturated rings. The molecule has 4 heteroatoms. The zero-order valence-corrected chi connectivity index (χ0v) is 8.76. The van der Waals surface area contributed by atoms with Gasteiger partial charge in [0.25, 0.3) is 0 Å². The van der Waals surface area contributed by atoms with Crippen molar-refractivity contribution in [2.75, 3.05) is 18.0 Å². The van der Waals surface area contributed by atoms with Crippen molar-refractivity contribution in [3.8, 4) is 0 Å². The highest BCUT2D eigenvalue weighted by atomic mass is 16.3. The number of nitrogens with zero attached hydrogens (tertiary/aromatic N) is 2. The summed E-state index contributed by atoms with van der Waals surface area (Å²) in [6.45, 7) is 5.52. The van der Waals surface area contributed by atoms with Crippen LogP contribution in [0.3, 0.4) is 0 Å². The quantitative estimate of drug-likeness (QED) is 0.732. The minimum Gasteiger partial charge on any atom is -0.389 e. The van der Waals surface area contributed by atoms with Gasteiger partial charge in [-0.2, -0.15) is 0 Å². The summed E-state index contributed by atoms with van der Waals surface area (Å²) in [5, 5.41) is 9.64. The highest BCUT2D eigenvalue weighted by Crippen LogP contribution is 2.23. The molecule has 0 aromatic carbocycles. The monoisotopic (exact) mass is 207 g/mol. The molecule has 1 aliphatic heterocycles. The lowest BCUT2D eigenvalue weighted by atomic mass is 9.91. The SMILES string of the molecule is C=CC(O)C1CCN(c2ncc[nH]2)CC1. The van der Waals surface area contributed by atoms with E-state index >= 15 is 0 Å². The summed E-state index contributed by atoms with van der Waals surface area (Å²) >= 11 is 0. The Bertz CT molecular complexity index is 302. The van der Waals surface area contributed by atoms with E-state index in [0.717, 1.165) is 31.9 Å². The Morgan fingerprint density at radius 3 is 2.87 bits per heavy atom. The summed E-state index contributed by atoms with van der Waals surface area (Å²) in [6.07, 6.45) is 6.86. The van der Waals surface area contributed by atoms with E-state index in [9.17, 15) is 5.11 Å². The molecule has 2 heterocycles. The molecule has 0 aliphatic carbocycles. The topological polar surface area (TPSA) is 52.1 Å². The van der Waals surface area contributed by atoms with Crippen LogP contribution < -0.4 is 4.90 Å². The molecule has 1 aromatic heterocycles. The third-order valence-corrected chi connectivity index (χ3v) is 3.05. The van der Waals surface area contributed by atoms with Crippen molar-refractivity contribution >= 4 is 5.95 Å². The van der Waals surface area contributed by atoms with E-state index in [1.54, 1.807) is 12.3 Å². The second-order valence-corrected chi connectivity index (χ2v) is 3.96. The lowest BCUT2D eigenvalue weighted by Gasteiger charge is -2.33. The summed E-state index contributed by atoms with van der Waals surface area (Å²) in [6, 6.07) is 0. The smallest absolute Gasteiger partial charge is 0.202 e. The first-order valence-corrected chi connectivity index (χ1v) is 5.36. The molecule has 1 saturated heterocycles. The van der Waals surface area contributed by atoms with Crippen LogP contribution in [-0.4, -0.2) is 34.3 Å². The number of hydrogen-bond acceptors (Lipinski definition) is 3. The fourth-order valence-corrected chi connectivity index (χ4v) is 2.08. The van der Waals surface area contributed by atoms with Crippen molar-refractivity contribution in [3.05, 3.63) is 25.0 Å². The first-order valence-electron chi connectivity index (χ1n) is 5.36. The Kier molecular flexibility index (Phi) is 3.06. The van der Waals surface area contributed by atoms with Crippen molar-refractivity contribution in [2.24, 2.45) is 5.92 Å². The second-order valence-electron chi connectivity index (χ2n) is 3.96. The van der Waals surface area contributed by atoms with Crippen LogP contribution in [-0.2, 0) is 0 Å². The zero-order chi connectivity index (χ0) is 10.7. The van der Waals surface area contributed by atoms with Crippen molar-refractivity contribution in [3.63, 3.8) is 0 Å². The number of rotatable bonds is 3. The molecule has 0 saturated carbocycles. The number of H-pyrrole nitrogens is 1. The van der Waals surface area contributed by atoms with E-state index in [4.69, 9.17) is 0 Å². The number of piperidine rings is 1. The van der Waals surface area contributed by atoms with Gasteiger partial charge in [-0.05, 0) is 18.8 Å². The van der Waals surface area contributed by atoms with Crippen LogP contribution in [0, 0.1) is 5.92 Å². The van der Waals surface area contributed by atoms with E-state index in [1.165, 1.54) is 0 Å². The molecule has 2 N–H and O–H groups in total. The molecule has 82 valence electrons. The summed E-state index contributed by atoms with van der Waals surface area (Å²) in [5.74, 6) is 1.29. The maximum Gasteiger partial charge on any atom is 0.202 e. The van der Waals surface area contributed by atoms with Gasteiger partial charge in [0.15, 0.2) is 0 Å². The number of aromatic nitrogens is 2. The minimum atomic E-state index is -0.358. The van der Waals surface area contributed by atoms with Gasteiger partial charge in [0.2, 0.25) is 5.95 Å². The van der Waals surface area contributed by atoms with Crippen molar-refractivity contribution in [2.45, 2.75) is 18.9 Å². The molecule has 1 atom stereocenters. The first kappa shape index (κ1) is 10.2. The summed E-state index contributed by atoms with van der Waals surface area (Å²) in [4.78, 5) is 9.53. The highest BCUT2D eigenvalue weighted by molar-refractivity contribution is 5.29. The van der Waals surface area contributed by atoms with Crippen LogP contribution in [0.2, 0.25) is 0 Å². The van der Waals surface area contributed by atoms with Gasteiger partial charge in [-0.1, -0.05) is 6.08 Å². The predicted octanol–water partition coefficient (Wildman–Crippen LogP) is 1.17. The van der Waals surface area contributed by atoms with Gasteiger partial charge in [-0.3, -0.25) is 0 Å². The largest absolute Gasteiger partial charge is 0.389 e. The van der Waals surface area contributed by atoms with E-state index in [0.29, 0.717) is 5.92 Å². The molecule has 1 aliphatic rings. The van der Waals surface area contributed by atoms with Crippen molar-refractivity contribution in [1.29, 1.82) is 0 Å². The fraction of sp³-hybridized carbons (Fsp3) is 0.545. The van der Waals surface area contributed by atoms with Gasteiger partial charge >= 0.3 is 0 Å². The van der Waals surface area contributed by atoms with Gasteiger partial charge < -0.3 is 15.0 Å². The summed E-state index contributed by atoms with van der Waals surface area (Å²) in [5.41, 5.74) is 0. The molecule has 15 heavy (non-hydrogen) atoms. The summed E-state index contributed by atoms with van der Waals surface area (Å²) in [7, 11) is 0. The molecule has 0 radical (unpaired) electrons. The average molecular weight is 207 g/mol. The maximum absolute atomic E-state index is 9.64. The van der Waals surface area contributed by atoms with Crippen molar-refractivity contribution < 1.29 is 5.11 Å². The molecule has 1 unspecified atom stereocenters. The maximum atomic E-state index is 9.64. The zero-order valence-electron chi connectivity index (χ0n) is 8.76. The minimum absolute atomic E-state index is 0.355. The number of anilines is 1. The van der Waals surface area contributed by atoms with E-state index in [2.05, 4.69) is 21.4 Å². The standard InChI is InChI=1S/C11H17N3O/c1-2-10(15)9-3-7-14(8-4-9)11-12-5-6-13-11/h2,5-6,9-10,15H,1,3-4,7-8H2,(H,12,13). The van der Waals surface area contributed by atoms with Gasteiger partial charge in [-0.25, -0.2) is 4.98 Å². The number of nitrogens with one attached hydrogen (secondary N) is 1. The van der Waals surface area contributed by atoms with Gasteiger partial charge in [0, 0.05) is 25.5 Å². The highest BCUT2D eigenvalue weighted by Gasteiger charge is 2.24. The second kappa shape index (κ2) is 4.49. The molecular weight excluding hydrogens is 190 g/mol. The van der Waals surface area contributed by atoms with Crippen LogP contribution in [0.15, 0.2) is 25.0 Å². The fourth-order valence-electron chi connectivity index (χ4n) is 2.08. The molecule has 2 rings (SSSR count). The van der Waals surface area contributed by atoms with E-state index < -0.39 is 0 Å². The number of hydrogen-bond donors (Lipinski definition) is 2. The third-order valence-electron chi connectivity index (χ3n) is 3.05. The molecular formula is C11H17N3O.